The molecule has 0 bridgehead atoms. The molecule has 0 saturated carbocycles. The number of nitrogens with zero attached hydrogens (tertiary/aromatic N) is 3. The van der Waals surface area contributed by atoms with Gasteiger partial charge in [-0.2, -0.15) is 0 Å². The zero-order valence-electron chi connectivity index (χ0n) is 19.9. The highest BCUT2D eigenvalue weighted by Gasteiger charge is 2.28. The Labute approximate surface area is 217 Å². The fraction of sp³-hybridized carbons (Fsp3) is 0.259. The third-order valence-electron chi connectivity index (χ3n) is 5.83. The monoisotopic (exact) mass is 518 g/mol. The van der Waals surface area contributed by atoms with Gasteiger partial charge in [-0.15, -0.1) is 16.4 Å². The Morgan fingerprint density at radius 3 is 2.58 bits per heavy atom. The topological polar surface area (TPSA) is 86.1 Å². The number of thioether (sulfide) groups is 1. The van der Waals surface area contributed by atoms with Gasteiger partial charge in [0.15, 0.2) is 5.82 Å². The van der Waals surface area contributed by atoms with Crippen LogP contribution in [0.5, 0.6) is 0 Å². The summed E-state index contributed by atoms with van der Waals surface area (Å²) in [7, 11) is 0. The van der Waals surface area contributed by atoms with Gasteiger partial charge in [0.05, 0.1) is 17.9 Å². The van der Waals surface area contributed by atoms with Crippen LogP contribution in [0.25, 0.3) is 17.1 Å². The second kappa shape index (κ2) is 11.1. The number of thiophene rings is 1. The van der Waals surface area contributed by atoms with Crippen molar-refractivity contribution in [3.05, 3.63) is 76.7 Å². The number of fused-ring (bicyclic) bond motifs is 1. The van der Waals surface area contributed by atoms with Crippen molar-refractivity contribution in [3.63, 3.8) is 0 Å². The van der Waals surface area contributed by atoms with Gasteiger partial charge in [0, 0.05) is 22.6 Å². The Hall–Kier alpha value is -3.43. The van der Waals surface area contributed by atoms with Gasteiger partial charge in [0.2, 0.25) is 11.1 Å². The number of esters is 1. The summed E-state index contributed by atoms with van der Waals surface area (Å²) in [6, 6.07) is 19.8. The summed E-state index contributed by atoms with van der Waals surface area (Å²) in [5, 5.41) is 8.87. The lowest BCUT2D eigenvalue weighted by Crippen LogP contribution is -2.15. The van der Waals surface area contributed by atoms with Gasteiger partial charge in [-0.3, -0.25) is 4.79 Å². The van der Waals surface area contributed by atoms with Crippen LogP contribution in [0.15, 0.2) is 65.8 Å². The first-order valence-electron chi connectivity index (χ1n) is 12.0. The number of anilines is 1. The molecule has 7 nitrogen and oxygen atoms in total. The minimum Gasteiger partial charge on any atom is -0.462 e. The molecule has 4 aromatic rings. The largest absolute Gasteiger partial charge is 0.462 e. The van der Waals surface area contributed by atoms with Crippen molar-refractivity contribution in [2.75, 3.05) is 17.7 Å². The van der Waals surface area contributed by atoms with E-state index in [4.69, 9.17) is 14.8 Å². The van der Waals surface area contributed by atoms with Gasteiger partial charge in [-0.1, -0.05) is 60.3 Å². The zero-order valence-corrected chi connectivity index (χ0v) is 21.5. The van der Waals surface area contributed by atoms with Crippen LogP contribution in [-0.2, 0) is 22.4 Å². The van der Waals surface area contributed by atoms with Gasteiger partial charge in [0.25, 0.3) is 0 Å². The molecule has 0 atom stereocenters. The quantitative estimate of drug-likeness (QED) is 0.223. The highest BCUT2D eigenvalue weighted by molar-refractivity contribution is 7.99. The minimum absolute atomic E-state index is 0.140. The molecule has 0 unspecified atom stereocenters. The van der Waals surface area contributed by atoms with Gasteiger partial charge in [0.1, 0.15) is 5.00 Å². The summed E-state index contributed by atoms with van der Waals surface area (Å²) in [6.07, 6.45) is 3.10. The van der Waals surface area contributed by atoms with Crippen LogP contribution in [0.4, 0.5) is 5.00 Å². The lowest BCUT2D eigenvalue weighted by Gasteiger charge is -2.07. The van der Waals surface area contributed by atoms with Crippen LogP contribution in [-0.4, -0.2) is 39.0 Å². The highest BCUT2D eigenvalue weighted by atomic mass is 32.2. The van der Waals surface area contributed by atoms with E-state index in [-0.39, 0.29) is 18.3 Å². The summed E-state index contributed by atoms with van der Waals surface area (Å²) in [5.74, 6) is 0.768. The van der Waals surface area contributed by atoms with Crippen molar-refractivity contribution in [2.24, 2.45) is 0 Å². The molecule has 1 aliphatic rings. The lowest BCUT2D eigenvalue weighted by atomic mass is 10.1. The number of carbonyl (C=O) groups is 2. The molecule has 9 heteroatoms. The standard InChI is InChI=1S/C27H26N4O3S2/c1-2-34-26(33)23-20-14-9-15-21(20)36-25(23)28-22(32)16-17-35-27-29-24(18-10-5-3-6-11-18)31(30-27)19-12-7-4-8-13-19/h3-8,10-13H,2,9,14-17H2,1H3,(H,28,32). The number of benzene rings is 2. The number of hydrogen-bond donors (Lipinski definition) is 1. The molecule has 2 aromatic carbocycles. The number of aryl methyl sites for hydroxylation is 1. The van der Waals surface area contributed by atoms with Crippen LogP contribution in [0, 0.1) is 0 Å². The van der Waals surface area contributed by atoms with Crippen molar-refractivity contribution in [1.29, 1.82) is 0 Å². The number of carbonyl (C=O) groups excluding carboxylic acids is 2. The highest BCUT2D eigenvalue weighted by Crippen LogP contribution is 2.39. The number of rotatable bonds is 9. The van der Waals surface area contributed by atoms with Crippen molar-refractivity contribution >= 4 is 40.0 Å². The summed E-state index contributed by atoms with van der Waals surface area (Å²) in [5.41, 5.74) is 3.46. The number of para-hydroxylation sites is 1. The van der Waals surface area contributed by atoms with E-state index in [9.17, 15) is 9.59 Å². The molecule has 5 rings (SSSR count). The van der Waals surface area contributed by atoms with Gasteiger partial charge in [-0.25, -0.2) is 14.5 Å². The first-order chi connectivity index (χ1) is 17.6. The van der Waals surface area contributed by atoms with E-state index in [0.717, 1.165) is 41.9 Å². The summed E-state index contributed by atoms with van der Waals surface area (Å²) >= 11 is 2.93. The predicted molar refractivity (Wildman–Crippen MR) is 143 cm³/mol. The number of hydrogen-bond acceptors (Lipinski definition) is 7. The molecule has 2 aromatic heterocycles. The second-order valence-corrected chi connectivity index (χ2v) is 10.4. The van der Waals surface area contributed by atoms with Crippen LogP contribution in [0.1, 0.15) is 40.6 Å². The molecular formula is C27H26N4O3S2. The van der Waals surface area contributed by atoms with Crippen LogP contribution in [0.2, 0.25) is 0 Å². The Kier molecular flexibility index (Phi) is 7.48. The Bertz CT molecular complexity index is 1310. The smallest absolute Gasteiger partial charge is 0.341 e. The molecule has 0 aliphatic heterocycles. The molecule has 0 saturated heterocycles. The van der Waals surface area contributed by atoms with Gasteiger partial charge < -0.3 is 10.1 Å². The molecular weight excluding hydrogens is 492 g/mol. The molecule has 0 radical (unpaired) electrons. The Morgan fingerprint density at radius 1 is 1.08 bits per heavy atom. The van der Waals surface area contributed by atoms with E-state index in [2.05, 4.69) is 5.32 Å². The number of nitrogens with one attached hydrogen (secondary N) is 1. The maximum absolute atomic E-state index is 12.8. The van der Waals surface area contributed by atoms with E-state index < -0.39 is 0 Å². The van der Waals surface area contributed by atoms with Crippen molar-refractivity contribution in [2.45, 2.75) is 37.8 Å². The SMILES string of the molecule is CCOC(=O)c1c(NC(=O)CCSc2nc(-c3ccccc3)n(-c3ccccc3)n2)sc2c1CCC2. The summed E-state index contributed by atoms with van der Waals surface area (Å²) < 4.78 is 7.08. The average Bonchev–Trinajstić information content (AvgIpc) is 3.60. The Balaban J connectivity index is 1.27. The molecule has 184 valence electrons. The zero-order chi connectivity index (χ0) is 24.9. The normalized spacial score (nSPS) is 12.4. The van der Waals surface area contributed by atoms with E-state index in [1.54, 1.807) is 6.92 Å². The van der Waals surface area contributed by atoms with E-state index >= 15 is 0 Å². The molecule has 2 heterocycles. The lowest BCUT2D eigenvalue weighted by molar-refractivity contribution is -0.115. The fourth-order valence-electron chi connectivity index (χ4n) is 4.21. The van der Waals surface area contributed by atoms with Crippen molar-refractivity contribution in [3.8, 4) is 17.1 Å². The maximum atomic E-state index is 12.8. The van der Waals surface area contributed by atoms with Crippen molar-refractivity contribution in [1.82, 2.24) is 14.8 Å². The van der Waals surface area contributed by atoms with Crippen molar-refractivity contribution < 1.29 is 14.3 Å². The number of ether oxygens (including phenoxy) is 1. The second-order valence-electron chi connectivity index (χ2n) is 8.26. The molecule has 1 N–H and O–H groups in total. The van der Waals surface area contributed by atoms with Gasteiger partial charge >= 0.3 is 5.97 Å². The number of amides is 1. The number of aromatic nitrogens is 3. The predicted octanol–water partition coefficient (Wildman–Crippen LogP) is 5.78. The van der Waals surface area contributed by atoms with E-state index in [0.29, 0.717) is 28.1 Å². The molecule has 0 fully saturated rings. The first kappa shape index (κ1) is 24.3. The van der Waals surface area contributed by atoms with Gasteiger partial charge in [-0.05, 0) is 43.9 Å². The Morgan fingerprint density at radius 2 is 1.83 bits per heavy atom. The van der Waals surface area contributed by atoms with Crippen LogP contribution < -0.4 is 5.32 Å². The third kappa shape index (κ3) is 5.22. The minimum atomic E-state index is -0.356. The summed E-state index contributed by atoms with van der Waals surface area (Å²) in [6.45, 7) is 2.09. The van der Waals surface area contributed by atoms with E-state index in [1.807, 2.05) is 65.3 Å². The van der Waals surface area contributed by atoms with Crippen LogP contribution >= 0.6 is 23.1 Å². The maximum Gasteiger partial charge on any atom is 0.341 e. The molecule has 36 heavy (non-hydrogen) atoms. The average molecular weight is 519 g/mol. The molecule has 0 spiro atoms. The fourth-order valence-corrected chi connectivity index (χ4v) is 6.27. The first-order valence-corrected chi connectivity index (χ1v) is 13.8. The van der Waals surface area contributed by atoms with Crippen LogP contribution in [0.3, 0.4) is 0 Å². The molecule has 1 amide bonds. The van der Waals surface area contributed by atoms with E-state index in [1.165, 1.54) is 28.0 Å². The summed E-state index contributed by atoms with van der Waals surface area (Å²) in [4.78, 5) is 31.2. The third-order valence-corrected chi connectivity index (χ3v) is 7.88. The molecule has 1 aliphatic carbocycles.